The van der Waals surface area contributed by atoms with E-state index < -0.39 is 15.8 Å². The summed E-state index contributed by atoms with van der Waals surface area (Å²) in [4.78, 5) is -0.132. The molecule has 0 aliphatic rings. The molecule has 0 saturated heterocycles. The maximum absolute atomic E-state index is 13.0. The maximum Gasteiger partial charge on any atom is 0.240 e. The molecule has 1 aromatic rings. The lowest BCUT2D eigenvalue weighted by molar-refractivity contribution is 0.578. The van der Waals surface area contributed by atoms with Crippen LogP contribution in [0.4, 0.5) is 4.39 Å². The van der Waals surface area contributed by atoms with Crippen LogP contribution in [0.3, 0.4) is 0 Å². The van der Waals surface area contributed by atoms with Crippen LogP contribution < -0.4 is 10.5 Å². The van der Waals surface area contributed by atoms with E-state index in [-0.39, 0.29) is 17.0 Å². The van der Waals surface area contributed by atoms with E-state index in [0.717, 1.165) is 18.2 Å². The van der Waals surface area contributed by atoms with Crippen LogP contribution >= 0.6 is 0 Å². The minimum atomic E-state index is -3.71. The van der Waals surface area contributed by atoms with Gasteiger partial charge < -0.3 is 5.73 Å². The lowest BCUT2D eigenvalue weighted by atomic mass is 10.2. The highest BCUT2D eigenvalue weighted by Gasteiger charge is 2.15. The Labute approximate surface area is 99.1 Å². The lowest BCUT2D eigenvalue weighted by Gasteiger charge is -2.06. The van der Waals surface area contributed by atoms with E-state index in [0.29, 0.717) is 13.0 Å². The molecule has 1 aromatic carbocycles. The Bertz CT molecular complexity index is 537. The average Bonchev–Trinajstić information content (AvgIpc) is 2.29. The molecule has 0 heterocycles. The van der Waals surface area contributed by atoms with Gasteiger partial charge in [0.1, 0.15) is 11.9 Å². The van der Waals surface area contributed by atoms with Gasteiger partial charge in [0.25, 0.3) is 0 Å². The van der Waals surface area contributed by atoms with Gasteiger partial charge >= 0.3 is 0 Å². The summed E-state index contributed by atoms with van der Waals surface area (Å²) in [6, 6.07) is 4.65. The van der Waals surface area contributed by atoms with E-state index in [1.807, 2.05) is 0 Å². The normalized spacial score (nSPS) is 11.1. The van der Waals surface area contributed by atoms with Crippen molar-refractivity contribution in [2.24, 2.45) is 5.73 Å². The number of sulfonamides is 1. The van der Waals surface area contributed by atoms with Crippen molar-refractivity contribution in [1.29, 1.82) is 5.26 Å². The van der Waals surface area contributed by atoms with Gasteiger partial charge in [-0.1, -0.05) is 0 Å². The molecule has 0 saturated carbocycles. The summed E-state index contributed by atoms with van der Waals surface area (Å²) in [5, 5.41) is 8.60. The number of nitrogens with one attached hydrogen (secondary N) is 1. The molecule has 0 aromatic heterocycles. The third kappa shape index (κ3) is 3.49. The third-order valence-corrected chi connectivity index (χ3v) is 3.50. The zero-order chi connectivity index (χ0) is 12.9. The number of benzene rings is 1. The third-order valence-electron chi connectivity index (χ3n) is 2.04. The second-order valence-corrected chi connectivity index (χ2v) is 5.06. The van der Waals surface area contributed by atoms with E-state index in [1.54, 1.807) is 6.07 Å². The zero-order valence-corrected chi connectivity index (χ0v) is 9.80. The molecule has 0 spiro atoms. The standard InChI is InChI=1S/C10H12FN3O2S/c11-10-3-2-9(6-8(10)7-13)17(15,16)14-5-1-4-12/h2-3,6,14H,1,4-5,12H2. The molecule has 0 unspecified atom stereocenters. The molecule has 7 heteroatoms. The first kappa shape index (κ1) is 13.6. The van der Waals surface area contributed by atoms with Crippen LogP contribution in [0.25, 0.3) is 0 Å². The summed E-state index contributed by atoms with van der Waals surface area (Å²) in [5.41, 5.74) is 4.94. The van der Waals surface area contributed by atoms with Crippen LogP contribution in [0.5, 0.6) is 0 Å². The van der Waals surface area contributed by atoms with Gasteiger partial charge in [0.2, 0.25) is 10.0 Å². The summed E-state index contributed by atoms with van der Waals surface area (Å²) < 4.78 is 38.7. The fourth-order valence-electron chi connectivity index (χ4n) is 1.15. The van der Waals surface area contributed by atoms with Gasteiger partial charge in [-0.3, -0.25) is 0 Å². The molecule has 0 amide bonds. The molecule has 0 fully saturated rings. The molecule has 0 aliphatic carbocycles. The van der Waals surface area contributed by atoms with Crippen LogP contribution in [0.1, 0.15) is 12.0 Å². The number of hydrogen-bond donors (Lipinski definition) is 2. The zero-order valence-electron chi connectivity index (χ0n) is 8.98. The van der Waals surface area contributed by atoms with Crippen LogP contribution in [0.15, 0.2) is 23.1 Å². The molecule has 1 rings (SSSR count). The van der Waals surface area contributed by atoms with Crippen molar-refractivity contribution in [2.45, 2.75) is 11.3 Å². The summed E-state index contributed by atoms with van der Waals surface area (Å²) in [6.45, 7) is 0.577. The lowest BCUT2D eigenvalue weighted by Crippen LogP contribution is -2.26. The highest BCUT2D eigenvalue weighted by molar-refractivity contribution is 7.89. The second-order valence-electron chi connectivity index (χ2n) is 3.29. The van der Waals surface area contributed by atoms with Crippen LogP contribution in [0, 0.1) is 17.1 Å². The summed E-state index contributed by atoms with van der Waals surface area (Å²) in [6.07, 6.45) is 0.505. The van der Waals surface area contributed by atoms with Crippen molar-refractivity contribution >= 4 is 10.0 Å². The predicted octanol–water partition coefficient (Wildman–Crippen LogP) is 0.324. The van der Waals surface area contributed by atoms with Crippen molar-refractivity contribution < 1.29 is 12.8 Å². The SMILES string of the molecule is N#Cc1cc(S(=O)(=O)NCCCN)ccc1F. The van der Waals surface area contributed by atoms with Crippen molar-refractivity contribution in [2.75, 3.05) is 13.1 Å². The van der Waals surface area contributed by atoms with Crippen molar-refractivity contribution in [3.63, 3.8) is 0 Å². The molecular formula is C10H12FN3O2S. The van der Waals surface area contributed by atoms with E-state index in [1.165, 1.54) is 0 Å². The number of rotatable bonds is 5. The average molecular weight is 257 g/mol. The fraction of sp³-hybridized carbons (Fsp3) is 0.300. The van der Waals surface area contributed by atoms with Gasteiger partial charge in [0, 0.05) is 6.54 Å². The Morgan fingerprint density at radius 2 is 2.18 bits per heavy atom. The molecule has 0 atom stereocenters. The first-order valence-corrected chi connectivity index (χ1v) is 6.39. The largest absolute Gasteiger partial charge is 0.330 e. The molecule has 92 valence electrons. The Kier molecular flexibility index (Phi) is 4.57. The summed E-state index contributed by atoms with van der Waals surface area (Å²) in [5.74, 6) is -0.742. The quantitative estimate of drug-likeness (QED) is 0.743. The van der Waals surface area contributed by atoms with Gasteiger partial charge in [-0.15, -0.1) is 0 Å². The number of nitrogens with zero attached hydrogens (tertiary/aromatic N) is 1. The number of halogens is 1. The molecule has 5 nitrogen and oxygen atoms in total. The first-order chi connectivity index (χ1) is 8.01. The number of nitrogens with two attached hydrogens (primary N) is 1. The van der Waals surface area contributed by atoms with Crippen LogP contribution in [0.2, 0.25) is 0 Å². The first-order valence-electron chi connectivity index (χ1n) is 4.90. The molecule has 0 aliphatic heterocycles. The Morgan fingerprint density at radius 1 is 1.47 bits per heavy atom. The minimum absolute atomic E-state index is 0.132. The maximum atomic E-state index is 13.0. The monoisotopic (exact) mass is 257 g/mol. The fourth-order valence-corrected chi connectivity index (χ4v) is 2.25. The smallest absolute Gasteiger partial charge is 0.240 e. The number of hydrogen-bond acceptors (Lipinski definition) is 4. The van der Waals surface area contributed by atoms with Crippen LogP contribution in [-0.2, 0) is 10.0 Å². The second kappa shape index (κ2) is 5.72. The van der Waals surface area contributed by atoms with Crippen LogP contribution in [-0.4, -0.2) is 21.5 Å². The van der Waals surface area contributed by atoms with Gasteiger partial charge in [-0.2, -0.15) is 5.26 Å². The highest BCUT2D eigenvalue weighted by Crippen LogP contribution is 2.14. The van der Waals surface area contributed by atoms with Gasteiger partial charge in [-0.05, 0) is 31.2 Å². The van der Waals surface area contributed by atoms with Crippen molar-refractivity contribution in [3.05, 3.63) is 29.6 Å². The molecular weight excluding hydrogens is 245 g/mol. The Balaban J connectivity index is 2.96. The van der Waals surface area contributed by atoms with E-state index in [9.17, 15) is 12.8 Å². The molecule has 0 bridgehead atoms. The predicted molar refractivity (Wildman–Crippen MR) is 60.0 cm³/mol. The molecule has 3 N–H and O–H groups in total. The highest BCUT2D eigenvalue weighted by atomic mass is 32.2. The summed E-state index contributed by atoms with van der Waals surface area (Å²) >= 11 is 0. The molecule has 0 radical (unpaired) electrons. The summed E-state index contributed by atoms with van der Waals surface area (Å²) in [7, 11) is -3.71. The molecule has 17 heavy (non-hydrogen) atoms. The van der Waals surface area contributed by atoms with Gasteiger partial charge in [0.05, 0.1) is 10.5 Å². The van der Waals surface area contributed by atoms with Crippen molar-refractivity contribution in [3.8, 4) is 6.07 Å². The Morgan fingerprint density at radius 3 is 2.76 bits per heavy atom. The van der Waals surface area contributed by atoms with E-state index in [2.05, 4.69) is 4.72 Å². The van der Waals surface area contributed by atoms with E-state index >= 15 is 0 Å². The van der Waals surface area contributed by atoms with Gasteiger partial charge in [0.15, 0.2) is 0 Å². The Hall–Kier alpha value is -1.49. The van der Waals surface area contributed by atoms with Gasteiger partial charge in [-0.25, -0.2) is 17.5 Å². The topological polar surface area (TPSA) is 96.0 Å². The van der Waals surface area contributed by atoms with E-state index in [4.69, 9.17) is 11.0 Å². The number of nitriles is 1. The van der Waals surface area contributed by atoms with Crippen molar-refractivity contribution in [1.82, 2.24) is 4.72 Å². The minimum Gasteiger partial charge on any atom is -0.330 e.